The first kappa shape index (κ1) is 19.6. The van der Waals surface area contributed by atoms with Crippen molar-refractivity contribution >= 4 is 0 Å². The van der Waals surface area contributed by atoms with E-state index in [1.807, 2.05) is 24.3 Å². The van der Waals surface area contributed by atoms with Crippen LogP contribution in [0.15, 0.2) is 42.5 Å². The third-order valence-electron chi connectivity index (χ3n) is 5.09. The van der Waals surface area contributed by atoms with Crippen molar-refractivity contribution in [2.75, 3.05) is 13.7 Å². The Bertz CT molecular complexity index is 749. The molecule has 0 spiro atoms. The summed E-state index contributed by atoms with van der Waals surface area (Å²) in [6.07, 6.45) is -1.37. The molecule has 1 saturated carbocycles. The van der Waals surface area contributed by atoms with Crippen molar-refractivity contribution in [2.24, 2.45) is 5.92 Å². The molecule has 146 valence electrons. The maximum absolute atomic E-state index is 14.5. The molecular formula is C21H25FO5. The van der Waals surface area contributed by atoms with E-state index in [0.29, 0.717) is 24.2 Å². The number of ether oxygens (including phenoxy) is 2. The monoisotopic (exact) mass is 376 g/mol. The zero-order valence-corrected chi connectivity index (χ0v) is 15.2. The summed E-state index contributed by atoms with van der Waals surface area (Å²) in [5.74, 6) is 0.320. The molecule has 1 aliphatic rings. The van der Waals surface area contributed by atoms with Crippen LogP contribution in [0.5, 0.6) is 11.5 Å². The van der Waals surface area contributed by atoms with Gasteiger partial charge in [0.05, 0.1) is 19.3 Å². The van der Waals surface area contributed by atoms with Crippen molar-refractivity contribution in [1.82, 2.24) is 0 Å². The lowest BCUT2D eigenvalue weighted by Crippen LogP contribution is -2.46. The van der Waals surface area contributed by atoms with Crippen molar-refractivity contribution in [3.05, 3.63) is 59.4 Å². The summed E-state index contributed by atoms with van der Waals surface area (Å²) in [5, 5.41) is 29.3. The Morgan fingerprint density at radius 1 is 1.07 bits per heavy atom. The second kappa shape index (κ2) is 8.69. The maximum Gasteiger partial charge on any atom is 0.130 e. The molecule has 1 aliphatic carbocycles. The quantitative estimate of drug-likeness (QED) is 0.721. The van der Waals surface area contributed by atoms with Crippen LogP contribution in [0.3, 0.4) is 0 Å². The predicted octanol–water partition coefficient (Wildman–Crippen LogP) is 2.30. The SMILES string of the molecule is COc1ccc(Cc2c(F)cccc2O[C@H]2CC(O)[C@H](O)[C@@H](CO)C2)cc1. The van der Waals surface area contributed by atoms with Gasteiger partial charge in [-0.05, 0) is 36.2 Å². The normalized spacial score (nSPS) is 25.2. The van der Waals surface area contributed by atoms with Gasteiger partial charge in [-0.1, -0.05) is 18.2 Å². The second-order valence-corrected chi connectivity index (χ2v) is 6.95. The van der Waals surface area contributed by atoms with Crippen molar-refractivity contribution in [2.45, 2.75) is 37.6 Å². The predicted molar refractivity (Wildman–Crippen MR) is 98.4 cm³/mol. The molecule has 0 aromatic heterocycles. The minimum atomic E-state index is -0.973. The average molecular weight is 376 g/mol. The zero-order chi connectivity index (χ0) is 19.4. The molecule has 1 unspecified atom stereocenters. The van der Waals surface area contributed by atoms with Crippen molar-refractivity contribution < 1.29 is 29.2 Å². The first-order valence-corrected chi connectivity index (χ1v) is 9.05. The van der Waals surface area contributed by atoms with E-state index in [-0.39, 0.29) is 18.8 Å². The molecule has 6 heteroatoms. The van der Waals surface area contributed by atoms with Gasteiger partial charge in [0.25, 0.3) is 0 Å². The number of rotatable bonds is 6. The fraction of sp³-hybridized carbons (Fsp3) is 0.429. The van der Waals surface area contributed by atoms with E-state index in [2.05, 4.69) is 0 Å². The summed E-state index contributed by atoms with van der Waals surface area (Å²) in [5.41, 5.74) is 1.35. The van der Waals surface area contributed by atoms with Gasteiger partial charge < -0.3 is 24.8 Å². The van der Waals surface area contributed by atoms with E-state index in [1.54, 1.807) is 19.2 Å². The van der Waals surface area contributed by atoms with E-state index < -0.39 is 24.2 Å². The van der Waals surface area contributed by atoms with Gasteiger partial charge in [-0.15, -0.1) is 0 Å². The molecule has 1 fully saturated rings. The third kappa shape index (κ3) is 4.58. The van der Waals surface area contributed by atoms with Crippen LogP contribution in [0, 0.1) is 11.7 Å². The van der Waals surface area contributed by atoms with Gasteiger partial charge in [0.1, 0.15) is 23.4 Å². The standard InChI is InChI=1S/C21H25FO5/c1-26-15-7-5-13(6-8-15)9-17-18(22)3-2-4-20(17)27-16-10-14(12-23)21(25)19(24)11-16/h2-8,14,16,19,21,23-25H,9-12H2,1H3/t14-,16-,19?,21-/m1/s1. The molecule has 0 aliphatic heterocycles. The van der Waals surface area contributed by atoms with E-state index >= 15 is 0 Å². The lowest BCUT2D eigenvalue weighted by molar-refractivity contribution is -0.0892. The maximum atomic E-state index is 14.5. The van der Waals surface area contributed by atoms with Crippen LogP contribution in [-0.2, 0) is 6.42 Å². The number of hydrogen-bond donors (Lipinski definition) is 3. The third-order valence-corrected chi connectivity index (χ3v) is 5.09. The highest BCUT2D eigenvalue weighted by Crippen LogP contribution is 2.32. The number of halogens is 1. The Labute approximate surface area is 158 Å². The molecule has 0 radical (unpaired) electrons. The van der Waals surface area contributed by atoms with E-state index in [9.17, 15) is 19.7 Å². The highest BCUT2D eigenvalue weighted by Gasteiger charge is 2.36. The first-order chi connectivity index (χ1) is 13.0. The summed E-state index contributed by atoms with van der Waals surface area (Å²) < 4.78 is 25.6. The molecule has 0 saturated heterocycles. The van der Waals surface area contributed by atoms with Gasteiger partial charge >= 0.3 is 0 Å². The summed E-state index contributed by atoms with van der Waals surface area (Å²) in [6.45, 7) is -0.236. The highest BCUT2D eigenvalue weighted by atomic mass is 19.1. The average Bonchev–Trinajstić information content (AvgIpc) is 2.67. The number of aliphatic hydroxyl groups excluding tert-OH is 3. The Balaban J connectivity index is 1.78. The second-order valence-electron chi connectivity index (χ2n) is 6.95. The number of benzene rings is 2. The van der Waals surface area contributed by atoms with Gasteiger partial charge in [-0.2, -0.15) is 0 Å². The summed E-state index contributed by atoms with van der Waals surface area (Å²) in [7, 11) is 1.59. The Morgan fingerprint density at radius 3 is 2.48 bits per heavy atom. The van der Waals surface area contributed by atoms with Gasteiger partial charge in [-0.3, -0.25) is 0 Å². The minimum Gasteiger partial charge on any atom is -0.497 e. The Morgan fingerprint density at radius 2 is 1.81 bits per heavy atom. The van der Waals surface area contributed by atoms with Crippen LogP contribution >= 0.6 is 0 Å². The number of hydrogen-bond acceptors (Lipinski definition) is 5. The lowest BCUT2D eigenvalue weighted by Gasteiger charge is -2.36. The molecule has 0 bridgehead atoms. The van der Waals surface area contributed by atoms with Crippen molar-refractivity contribution in [3.63, 3.8) is 0 Å². The van der Waals surface area contributed by atoms with Crippen LogP contribution in [0.25, 0.3) is 0 Å². The molecule has 0 amide bonds. The Kier molecular flexibility index (Phi) is 6.31. The van der Waals surface area contributed by atoms with Crippen LogP contribution in [0.4, 0.5) is 4.39 Å². The summed E-state index contributed by atoms with van der Waals surface area (Å²) >= 11 is 0. The van der Waals surface area contributed by atoms with E-state index in [4.69, 9.17) is 9.47 Å². The van der Waals surface area contributed by atoms with Crippen LogP contribution in [0.2, 0.25) is 0 Å². The van der Waals surface area contributed by atoms with Crippen molar-refractivity contribution in [1.29, 1.82) is 0 Å². The van der Waals surface area contributed by atoms with Gasteiger partial charge in [0.15, 0.2) is 0 Å². The largest absolute Gasteiger partial charge is 0.497 e. The van der Waals surface area contributed by atoms with Crippen LogP contribution in [0.1, 0.15) is 24.0 Å². The molecule has 5 nitrogen and oxygen atoms in total. The van der Waals surface area contributed by atoms with Crippen molar-refractivity contribution in [3.8, 4) is 11.5 Å². The molecule has 4 atom stereocenters. The lowest BCUT2D eigenvalue weighted by atomic mass is 9.83. The fourth-order valence-corrected chi connectivity index (χ4v) is 3.52. The highest BCUT2D eigenvalue weighted by molar-refractivity contribution is 5.40. The van der Waals surface area contributed by atoms with Gasteiger partial charge in [0, 0.05) is 30.9 Å². The molecule has 27 heavy (non-hydrogen) atoms. The summed E-state index contributed by atoms with van der Waals surface area (Å²) in [6, 6.07) is 12.1. The van der Waals surface area contributed by atoms with E-state index in [1.165, 1.54) is 6.07 Å². The number of aliphatic hydroxyl groups is 3. The smallest absolute Gasteiger partial charge is 0.130 e. The fourth-order valence-electron chi connectivity index (χ4n) is 3.52. The molecule has 2 aromatic rings. The minimum absolute atomic E-state index is 0.232. The molecule has 3 rings (SSSR count). The van der Waals surface area contributed by atoms with Crippen LogP contribution in [-0.4, -0.2) is 47.3 Å². The first-order valence-electron chi connectivity index (χ1n) is 9.05. The Hall–Kier alpha value is -2.15. The molecule has 2 aromatic carbocycles. The number of methoxy groups -OCH3 is 1. The molecular weight excluding hydrogens is 351 g/mol. The molecule has 3 N–H and O–H groups in total. The van der Waals surface area contributed by atoms with Gasteiger partial charge in [0.2, 0.25) is 0 Å². The topological polar surface area (TPSA) is 79.2 Å². The zero-order valence-electron chi connectivity index (χ0n) is 15.2. The molecule has 0 heterocycles. The summed E-state index contributed by atoms with van der Waals surface area (Å²) in [4.78, 5) is 0. The van der Waals surface area contributed by atoms with Gasteiger partial charge in [-0.25, -0.2) is 4.39 Å². The van der Waals surface area contributed by atoms with E-state index in [0.717, 1.165) is 11.3 Å². The van der Waals surface area contributed by atoms with Crippen LogP contribution < -0.4 is 9.47 Å².